The van der Waals surface area contributed by atoms with Crippen molar-refractivity contribution in [2.45, 2.75) is 24.8 Å². The van der Waals surface area contributed by atoms with E-state index in [0.717, 1.165) is 5.56 Å². The minimum absolute atomic E-state index is 0.0865. The molecule has 1 aromatic rings. The predicted octanol–water partition coefficient (Wildman–Crippen LogP) is 1.45. The fourth-order valence-corrected chi connectivity index (χ4v) is 2.27. The Balaban J connectivity index is 2.26. The van der Waals surface area contributed by atoms with Gasteiger partial charge in [-0.3, -0.25) is 4.79 Å². The van der Waals surface area contributed by atoms with Crippen LogP contribution in [0.25, 0.3) is 0 Å². The minimum atomic E-state index is -0.935. The van der Waals surface area contributed by atoms with Gasteiger partial charge >= 0.3 is 5.97 Å². The Morgan fingerprint density at radius 3 is 2.74 bits per heavy atom. The third-order valence-corrected chi connectivity index (χ3v) is 3.47. The molecule has 1 fully saturated rings. The van der Waals surface area contributed by atoms with E-state index in [1.54, 1.807) is 21.1 Å². The van der Waals surface area contributed by atoms with Crippen LogP contribution in [-0.4, -0.2) is 32.3 Å². The maximum atomic E-state index is 11.8. The summed E-state index contributed by atoms with van der Waals surface area (Å²) in [4.78, 5) is 11.8. The third kappa shape index (κ3) is 2.38. The van der Waals surface area contributed by atoms with Crippen LogP contribution in [0.1, 0.15) is 24.8 Å². The molecule has 0 aromatic heterocycles. The van der Waals surface area contributed by atoms with Crippen molar-refractivity contribution in [3.63, 3.8) is 0 Å². The molecular weight excluding hydrogens is 246 g/mol. The van der Waals surface area contributed by atoms with Crippen LogP contribution in [-0.2, 0) is 9.53 Å². The molecule has 0 amide bonds. The SMILES string of the molecule is CCOC(=O)C1(N)CC1c1cc(OC)ccc1OC. The smallest absolute Gasteiger partial charge is 0.326 e. The van der Waals surface area contributed by atoms with Gasteiger partial charge in [0, 0.05) is 11.5 Å². The maximum Gasteiger partial charge on any atom is 0.326 e. The highest BCUT2D eigenvalue weighted by molar-refractivity contribution is 5.87. The average Bonchev–Trinajstić information content (AvgIpc) is 3.12. The van der Waals surface area contributed by atoms with Crippen LogP contribution >= 0.6 is 0 Å². The van der Waals surface area contributed by atoms with Gasteiger partial charge in [0.1, 0.15) is 17.0 Å². The molecular formula is C14H19NO4. The average molecular weight is 265 g/mol. The summed E-state index contributed by atoms with van der Waals surface area (Å²) in [5.41, 5.74) is 6.05. The van der Waals surface area contributed by atoms with E-state index in [0.29, 0.717) is 24.5 Å². The number of methoxy groups -OCH3 is 2. The second kappa shape index (κ2) is 5.09. The van der Waals surface area contributed by atoms with Crippen LogP contribution < -0.4 is 15.2 Å². The molecule has 0 radical (unpaired) electrons. The number of ether oxygens (including phenoxy) is 3. The van der Waals surface area contributed by atoms with Crippen molar-refractivity contribution in [2.24, 2.45) is 5.73 Å². The van der Waals surface area contributed by atoms with Crippen LogP contribution in [0.5, 0.6) is 11.5 Å². The molecule has 2 N–H and O–H groups in total. The number of carbonyl (C=O) groups excluding carboxylic acids is 1. The standard InChI is InChI=1S/C14H19NO4/c1-4-19-13(16)14(15)8-11(14)10-7-9(17-2)5-6-12(10)18-3/h5-7,11H,4,8,15H2,1-3H3. The van der Waals surface area contributed by atoms with Gasteiger partial charge in [-0.25, -0.2) is 0 Å². The van der Waals surface area contributed by atoms with Crippen molar-refractivity contribution in [2.75, 3.05) is 20.8 Å². The Morgan fingerprint density at radius 1 is 1.42 bits per heavy atom. The Bertz CT molecular complexity index is 488. The predicted molar refractivity (Wildman–Crippen MR) is 70.5 cm³/mol. The lowest BCUT2D eigenvalue weighted by molar-refractivity contribution is -0.146. The Labute approximate surface area is 112 Å². The van der Waals surface area contributed by atoms with Crippen molar-refractivity contribution in [3.8, 4) is 11.5 Å². The van der Waals surface area contributed by atoms with Crippen LogP contribution in [0, 0.1) is 0 Å². The highest BCUT2D eigenvalue weighted by Gasteiger charge is 2.60. The van der Waals surface area contributed by atoms with Gasteiger partial charge in [0.25, 0.3) is 0 Å². The molecule has 1 aliphatic rings. The zero-order valence-corrected chi connectivity index (χ0v) is 11.4. The van der Waals surface area contributed by atoms with Gasteiger partial charge in [-0.2, -0.15) is 0 Å². The van der Waals surface area contributed by atoms with Gasteiger partial charge < -0.3 is 19.9 Å². The van der Waals surface area contributed by atoms with Crippen LogP contribution in [0.2, 0.25) is 0 Å². The van der Waals surface area contributed by atoms with E-state index >= 15 is 0 Å². The van der Waals surface area contributed by atoms with E-state index in [2.05, 4.69) is 0 Å². The van der Waals surface area contributed by atoms with E-state index in [4.69, 9.17) is 19.9 Å². The van der Waals surface area contributed by atoms with Crippen LogP contribution in [0.4, 0.5) is 0 Å². The van der Waals surface area contributed by atoms with E-state index in [1.165, 1.54) is 0 Å². The summed E-state index contributed by atoms with van der Waals surface area (Å²) >= 11 is 0. The highest BCUT2D eigenvalue weighted by atomic mass is 16.5. The maximum absolute atomic E-state index is 11.8. The summed E-state index contributed by atoms with van der Waals surface area (Å²) < 4.78 is 15.5. The van der Waals surface area contributed by atoms with Crippen molar-refractivity contribution < 1.29 is 19.0 Å². The highest BCUT2D eigenvalue weighted by Crippen LogP contribution is 2.53. The second-order valence-corrected chi connectivity index (χ2v) is 4.63. The topological polar surface area (TPSA) is 70.8 Å². The fourth-order valence-electron chi connectivity index (χ4n) is 2.27. The van der Waals surface area contributed by atoms with Crippen LogP contribution in [0.3, 0.4) is 0 Å². The van der Waals surface area contributed by atoms with Gasteiger partial charge in [0.15, 0.2) is 0 Å². The van der Waals surface area contributed by atoms with Crippen molar-refractivity contribution >= 4 is 5.97 Å². The van der Waals surface area contributed by atoms with E-state index in [9.17, 15) is 4.79 Å². The van der Waals surface area contributed by atoms with Gasteiger partial charge in [-0.15, -0.1) is 0 Å². The van der Waals surface area contributed by atoms with Crippen molar-refractivity contribution in [1.29, 1.82) is 0 Å². The van der Waals surface area contributed by atoms with E-state index in [-0.39, 0.29) is 11.9 Å². The lowest BCUT2D eigenvalue weighted by atomic mass is 10.0. The molecule has 2 atom stereocenters. The van der Waals surface area contributed by atoms with E-state index < -0.39 is 5.54 Å². The molecule has 1 saturated carbocycles. The van der Waals surface area contributed by atoms with Crippen LogP contribution in [0.15, 0.2) is 18.2 Å². The number of rotatable bonds is 5. The largest absolute Gasteiger partial charge is 0.497 e. The molecule has 1 aromatic carbocycles. The summed E-state index contributed by atoms with van der Waals surface area (Å²) in [6.45, 7) is 2.10. The molecule has 0 saturated heterocycles. The molecule has 0 spiro atoms. The molecule has 104 valence electrons. The molecule has 5 nitrogen and oxygen atoms in total. The first-order valence-electron chi connectivity index (χ1n) is 6.24. The molecule has 0 aliphatic heterocycles. The molecule has 0 heterocycles. The first kappa shape index (κ1) is 13.7. The van der Waals surface area contributed by atoms with E-state index in [1.807, 2.05) is 18.2 Å². The van der Waals surface area contributed by atoms with Gasteiger partial charge in [-0.1, -0.05) is 0 Å². The lowest BCUT2D eigenvalue weighted by Crippen LogP contribution is -2.36. The molecule has 2 rings (SSSR count). The first-order valence-corrected chi connectivity index (χ1v) is 6.24. The number of carbonyl (C=O) groups is 1. The molecule has 19 heavy (non-hydrogen) atoms. The second-order valence-electron chi connectivity index (χ2n) is 4.63. The van der Waals surface area contributed by atoms with Gasteiger partial charge in [-0.05, 0) is 31.5 Å². The third-order valence-electron chi connectivity index (χ3n) is 3.47. The molecule has 2 unspecified atom stereocenters. The molecule has 5 heteroatoms. The Hall–Kier alpha value is -1.75. The Kier molecular flexibility index (Phi) is 3.66. The number of benzene rings is 1. The van der Waals surface area contributed by atoms with Crippen molar-refractivity contribution in [3.05, 3.63) is 23.8 Å². The molecule has 0 bridgehead atoms. The first-order chi connectivity index (χ1) is 9.06. The molecule has 1 aliphatic carbocycles. The number of esters is 1. The van der Waals surface area contributed by atoms with Gasteiger partial charge in [0.05, 0.1) is 20.8 Å². The van der Waals surface area contributed by atoms with Crippen molar-refractivity contribution in [1.82, 2.24) is 0 Å². The Morgan fingerprint density at radius 2 is 2.16 bits per heavy atom. The quantitative estimate of drug-likeness (QED) is 0.816. The summed E-state index contributed by atoms with van der Waals surface area (Å²) in [5, 5.41) is 0. The summed E-state index contributed by atoms with van der Waals surface area (Å²) in [6.07, 6.45) is 0.565. The zero-order valence-electron chi connectivity index (χ0n) is 11.4. The number of hydrogen-bond acceptors (Lipinski definition) is 5. The van der Waals surface area contributed by atoms with Gasteiger partial charge in [0.2, 0.25) is 0 Å². The minimum Gasteiger partial charge on any atom is -0.497 e. The monoisotopic (exact) mass is 265 g/mol. The summed E-state index contributed by atoms with van der Waals surface area (Å²) in [6, 6.07) is 5.49. The number of hydrogen-bond donors (Lipinski definition) is 1. The summed E-state index contributed by atoms with van der Waals surface area (Å²) in [5.74, 6) is 0.984. The lowest BCUT2D eigenvalue weighted by Gasteiger charge is -2.13. The number of nitrogens with two attached hydrogens (primary N) is 1. The summed E-state index contributed by atoms with van der Waals surface area (Å²) in [7, 11) is 3.19. The zero-order chi connectivity index (χ0) is 14.0. The fraction of sp³-hybridized carbons (Fsp3) is 0.500. The normalized spacial score (nSPS) is 24.7.